The Kier molecular flexibility index (Phi) is 7.61. The highest BCUT2D eigenvalue weighted by Crippen LogP contribution is 2.27. The standard InChI is InChI=1S/C27H28N4O3S/c1-29(27(22-10-4-2-5-11-22)23-12-6-3-7-13-23)21-26(32)30-16-18-31(19-17-30)35(33,34)25-15-9-8-14-24(25)20-28/h2-15,27H,16-19,21H2,1H3. The zero-order chi connectivity index (χ0) is 24.8. The van der Waals surface area contributed by atoms with Crippen molar-refractivity contribution in [3.63, 3.8) is 0 Å². The fourth-order valence-corrected chi connectivity index (χ4v) is 6.04. The van der Waals surface area contributed by atoms with E-state index in [-0.39, 0.29) is 42.0 Å². The largest absolute Gasteiger partial charge is 0.339 e. The number of likely N-dealkylation sites (N-methyl/N-ethyl adjacent to an activating group) is 1. The fourth-order valence-electron chi connectivity index (χ4n) is 4.48. The molecule has 0 bridgehead atoms. The van der Waals surface area contributed by atoms with E-state index in [0.717, 1.165) is 11.1 Å². The number of benzene rings is 3. The van der Waals surface area contributed by atoms with E-state index in [1.165, 1.54) is 16.4 Å². The van der Waals surface area contributed by atoms with E-state index in [0.29, 0.717) is 13.1 Å². The van der Waals surface area contributed by atoms with Gasteiger partial charge in [0.25, 0.3) is 0 Å². The first-order valence-corrected chi connectivity index (χ1v) is 12.9. The van der Waals surface area contributed by atoms with Crippen LogP contribution in [-0.2, 0) is 14.8 Å². The molecule has 4 rings (SSSR count). The van der Waals surface area contributed by atoms with Gasteiger partial charge in [0.2, 0.25) is 15.9 Å². The Morgan fingerprint density at radius 2 is 1.40 bits per heavy atom. The van der Waals surface area contributed by atoms with Crippen molar-refractivity contribution in [2.75, 3.05) is 39.8 Å². The molecule has 3 aromatic rings. The van der Waals surface area contributed by atoms with Gasteiger partial charge in [-0.1, -0.05) is 72.8 Å². The molecule has 35 heavy (non-hydrogen) atoms. The molecule has 8 heteroatoms. The third-order valence-corrected chi connectivity index (χ3v) is 8.23. The number of nitriles is 1. The number of amides is 1. The van der Waals surface area contributed by atoms with Gasteiger partial charge in [0.05, 0.1) is 23.0 Å². The molecule has 1 saturated heterocycles. The van der Waals surface area contributed by atoms with Gasteiger partial charge in [-0.05, 0) is 30.3 Å². The van der Waals surface area contributed by atoms with Crippen molar-refractivity contribution in [2.45, 2.75) is 10.9 Å². The highest BCUT2D eigenvalue weighted by molar-refractivity contribution is 7.89. The lowest BCUT2D eigenvalue weighted by molar-refractivity contribution is -0.133. The highest BCUT2D eigenvalue weighted by Gasteiger charge is 2.32. The summed E-state index contributed by atoms with van der Waals surface area (Å²) in [6, 6.07) is 28.2. The van der Waals surface area contributed by atoms with Crippen LogP contribution in [0.4, 0.5) is 0 Å². The first-order chi connectivity index (χ1) is 16.9. The normalized spacial score (nSPS) is 14.7. The number of rotatable bonds is 7. The van der Waals surface area contributed by atoms with Gasteiger partial charge in [0.15, 0.2) is 0 Å². The topological polar surface area (TPSA) is 84.7 Å². The Morgan fingerprint density at radius 3 is 1.94 bits per heavy atom. The minimum absolute atomic E-state index is 0.00979. The molecule has 1 aliphatic heterocycles. The van der Waals surface area contributed by atoms with Crippen LogP contribution in [0, 0.1) is 11.3 Å². The van der Waals surface area contributed by atoms with E-state index >= 15 is 0 Å². The molecule has 0 unspecified atom stereocenters. The van der Waals surface area contributed by atoms with Gasteiger partial charge in [0.1, 0.15) is 6.07 Å². The zero-order valence-corrected chi connectivity index (χ0v) is 20.4. The Bertz CT molecular complexity index is 1260. The summed E-state index contributed by atoms with van der Waals surface area (Å²) >= 11 is 0. The lowest BCUT2D eigenvalue weighted by Gasteiger charge is -2.36. The van der Waals surface area contributed by atoms with Crippen molar-refractivity contribution < 1.29 is 13.2 Å². The molecule has 0 aromatic heterocycles. The molecule has 180 valence electrons. The minimum atomic E-state index is -3.80. The number of sulfonamides is 1. The molecule has 0 radical (unpaired) electrons. The molecule has 3 aromatic carbocycles. The summed E-state index contributed by atoms with van der Waals surface area (Å²) in [5.74, 6) is -0.0427. The molecular weight excluding hydrogens is 460 g/mol. The first kappa shape index (κ1) is 24.6. The van der Waals surface area contributed by atoms with Gasteiger partial charge < -0.3 is 4.90 Å². The number of carbonyl (C=O) groups excluding carboxylic acids is 1. The van der Waals surface area contributed by atoms with E-state index in [4.69, 9.17) is 0 Å². The second kappa shape index (κ2) is 10.8. The summed E-state index contributed by atoms with van der Waals surface area (Å²) in [7, 11) is -1.87. The predicted octanol–water partition coefficient (Wildman–Crippen LogP) is 3.11. The zero-order valence-electron chi connectivity index (χ0n) is 19.6. The first-order valence-electron chi connectivity index (χ1n) is 11.5. The van der Waals surface area contributed by atoms with Crippen molar-refractivity contribution in [1.29, 1.82) is 5.26 Å². The van der Waals surface area contributed by atoms with Crippen molar-refractivity contribution >= 4 is 15.9 Å². The number of hydrogen-bond acceptors (Lipinski definition) is 5. The minimum Gasteiger partial charge on any atom is -0.339 e. The van der Waals surface area contributed by atoms with Crippen LogP contribution in [0.15, 0.2) is 89.8 Å². The Balaban J connectivity index is 1.43. The van der Waals surface area contributed by atoms with E-state index in [2.05, 4.69) is 24.3 Å². The summed E-state index contributed by atoms with van der Waals surface area (Å²) in [5, 5.41) is 9.30. The summed E-state index contributed by atoms with van der Waals surface area (Å²) in [6.45, 7) is 1.21. The van der Waals surface area contributed by atoms with Gasteiger partial charge in [-0.15, -0.1) is 0 Å². The molecule has 1 fully saturated rings. The second-order valence-corrected chi connectivity index (χ2v) is 10.4. The Hall–Kier alpha value is -3.51. The third-order valence-electron chi connectivity index (χ3n) is 6.27. The lowest BCUT2D eigenvalue weighted by atomic mass is 9.97. The maximum Gasteiger partial charge on any atom is 0.244 e. The summed E-state index contributed by atoms with van der Waals surface area (Å²) < 4.78 is 27.5. The van der Waals surface area contributed by atoms with Crippen molar-refractivity contribution in [2.24, 2.45) is 0 Å². The Morgan fingerprint density at radius 1 is 0.886 bits per heavy atom. The molecule has 0 N–H and O–H groups in total. The van der Waals surface area contributed by atoms with E-state index < -0.39 is 10.0 Å². The SMILES string of the molecule is CN(CC(=O)N1CCN(S(=O)(=O)c2ccccc2C#N)CC1)C(c1ccccc1)c1ccccc1. The van der Waals surface area contributed by atoms with Gasteiger partial charge in [-0.25, -0.2) is 8.42 Å². The maximum atomic E-state index is 13.2. The summed E-state index contributed by atoms with van der Waals surface area (Å²) in [6.07, 6.45) is 0. The number of nitrogens with zero attached hydrogens (tertiary/aromatic N) is 4. The lowest BCUT2D eigenvalue weighted by Crippen LogP contribution is -2.52. The van der Waals surface area contributed by atoms with Crippen molar-refractivity contribution in [1.82, 2.24) is 14.1 Å². The smallest absolute Gasteiger partial charge is 0.244 e. The van der Waals surface area contributed by atoms with Crippen LogP contribution < -0.4 is 0 Å². The van der Waals surface area contributed by atoms with Crippen LogP contribution >= 0.6 is 0 Å². The molecule has 1 amide bonds. The molecule has 1 heterocycles. The van der Waals surface area contributed by atoms with Crippen LogP contribution in [0.1, 0.15) is 22.7 Å². The summed E-state index contributed by atoms with van der Waals surface area (Å²) in [5.41, 5.74) is 2.32. The van der Waals surface area contributed by atoms with Crippen LogP contribution in [-0.4, -0.2) is 68.2 Å². The molecule has 0 aliphatic carbocycles. The van der Waals surface area contributed by atoms with Gasteiger partial charge in [0, 0.05) is 26.2 Å². The molecule has 7 nitrogen and oxygen atoms in total. The molecule has 0 atom stereocenters. The van der Waals surface area contributed by atoms with Gasteiger partial charge in [-0.3, -0.25) is 9.69 Å². The third kappa shape index (κ3) is 5.43. The predicted molar refractivity (Wildman–Crippen MR) is 134 cm³/mol. The average molecular weight is 489 g/mol. The van der Waals surface area contributed by atoms with Crippen LogP contribution in [0.2, 0.25) is 0 Å². The second-order valence-electron chi connectivity index (χ2n) is 8.53. The van der Waals surface area contributed by atoms with E-state index in [1.54, 1.807) is 17.0 Å². The van der Waals surface area contributed by atoms with Crippen LogP contribution in [0.25, 0.3) is 0 Å². The number of carbonyl (C=O) groups is 1. The van der Waals surface area contributed by atoms with E-state index in [1.807, 2.05) is 54.4 Å². The quantitative estimate of drug-likeness (QED) is 0.510. The molecule has 0 spiro atoms. The van der Waals surface area contributed by atoms with Crippen molar-refractivity contribution in [3.05, 3.63) is 102 Å². The maximum absolute atomic E-state index is 13.2. The summed E-state index contributed by atoms with van der Waals surface area (Å²) in [4.78, 5) is 16.9. The molecule has 1 aliphatic rings. The van der Waals surface area contributed by atoms with E-state index in [9.17, 15) is 18.5 Å². The van der Waals surface area contributed by atoms with Gasteiger partial charge >= 0.3 is 0 Å². The highest BCUT2D eigenvalue weighted by atomic mass is 32.2. The molecule has 0 saturated carbocycles. The monoisotopic (exact) mass is 488 g/mol. The number of hydrogen-bond donors (Lipinski definition) is 0. The van der Waals surface area contributed by atoms with Crippen molar-refractivity contribution in [3.8, 4) is 6.07 Å². The van der Waals surface area contributed by atoms with Crippen LogP contribution in [0.3, 0.4) is 0 Å². The Labute approximate surface area is 206 Å². The average Bonchev–Trinajstić information content (AvgIpc) is 2.90. The van der Waals surface area contributed by atoms with Gasteiger partial charge in [-0.2, -0.15) is 9.57 Å². The van der Waals surface area contributed by atoms with Crippen LogP contribution in [0.5, 0.6) is 0 Å². The molecular formula is C27H28N4O3S. The number of piperazine rings is 1. The fraction of sp³-hybridized carbons (Fsp3) is 0.259.